The second-order valence-electron chi connectivity index (χ2n) is 4.71. The molecule has 0 aliphatic carbocycles. The number of allylic oxidation sites excluding steroid dienone is 4. The van der Waals surface area contributed by atoms with Gasteiger partial charge < -0.3 is 0 Å². The first-order chi connectivity index (χ1) is 11.2. The van der Waals surface area contributed by atoms with Gasteiger partial charge in [-0.25, -0.2) is 0 Å². The van der Waals surface area contributed by atoms with Gasteiger partial charge in [0, 0.05) is 4.47 Å². The Balaban J connectivity index is 0.00000127. The van der Waals surface area contributed by atoms with Crippen molar-refractivity contribution in [3.05, 3.63) is 114 Å². The van der Waals surface area contributed by atoms with Crippen molar-refractivity contribution in [2.24, 2.45) is 0 Å². The monoisotopic (exact) mass is 385 g/mol. The minimum atomic E-state index is -0.892. The molecule has 0 aliphatic rings. The van der Waals surface area contributed by atoms with Crippen molar-refractivity contribution in [3.8, 4) is 0 Å². The van der Waals surface area contributed by atoms with Crippen molar-refractivity contribution >= 4 is 29.2 Å². The third-order valence-corrected chi connectivity index (χ3v) is 6.61. The lowest BCUT2D eigenvalue weighted by Gasteiger charge is -2.11. The number of hydrogen-bond donors (Lipinski definition) is 0. The minimum absolute atomic E-state index is 0.892. The zero-order valence-electron chi connectivity index (χ0n) is 13.3. The fourth-order valence-electron chi connectivity index (χ4n) is 2.28. The molecule has 0 radical (unpaired) electrons. The number of hydrogen-bond acceptors (Lipinski definition) is 0. The summed E-state index contributed by atoms with van der Waals surface area (Å²) in [5.74, 6) is 0. The summed E-state index contributed by atoms with van der Waals surface area (Å²) in [6, 6.07) is 19.2. The maximum absolute atomic E-state index is 3.99. The molecule has 0 aliphatic heterocycles. The van der Waals surface area contributed by atoms with E-state index in [-0.39, 0.29) is 0 Å². The summed E-state index contributed by atoms with van der Waals surface area (Å²) in [5.41, 5.74) is 1.35. The van der Waals surface area contributed by atoms with Gasteiger partial charge >= 0.3 is 0 Å². The Morgan fingerprint density at radius 1 is 1.00 bits per heavy atom. The third kappa shape index (κ3) is 6.14. The molecule has 2 aromatic rings. The smallest absolute Gasteiger partial charge is 0.0970 e. The fraction of sp³-hybridized carbons (Fsp3) is 0.0476. The highest BCUT2D eigenvalue weighted by Crippen LogP contribution is 2.47. The molecule has 0 saturated carbocycles. The van der Waals surface area contributed by atoms with Gasteiger partial charge in [0.25, 0.3) is 0 Å². The van der Waals surface area contributed by atoms with Crippen LogP contribution in [0.3, 0.4) is 0 Å². The van der Waals surface area contributed by atoms with Crippen LogP contribution in [0, 0.1) is 0 Å². The van der Waals surface area contributed by atoms with Crippen LogP contribution in [-0.4, -0.2) is 0 Å². The standard InChI is InChI=1S/C19H18BrP.C2H4/c1-3-9-18(4-2)21(19-12-6-5-7-13-19)15-16-10-8-11-17(20)14-16;1-2/h3-14H,1-2,15H2;1-2H2/p+1/b18-9+;. The van der Waals surface area contributed by atoms with E-state index in [0.717, 1.165) is 10.6 Å². The first-order valence-corrected chi connectivity index (χ1v) is 9.86. The van der Waals surface area contributed by atoms with Crippen LogP contribution in [0.15, 0.2) is 109 Å². The molecule has 0 bridgehead atoms. The van der Waals surface area contributed by atoms with Gasteiger partial charge in [0.1, 0.15) is 0 Å². The van der Waals surface area contributed by atoms with Crippen molar-refractivity contribution in [2.75, 3.05) is 0 Å². The van der Waals surface area contributed by atoms with Crippen molar-refractivity contribution in [2.45, 2.75) is 6.16 Å². The molecule has 0 N–H and O–H groups in total. The largest absolute Gasteiger partial charge is 0.106 e. The Bertz CT molecular complexity index is 659. The van der Waals surface area contributed by atoms with Crippen LogP contribution in [0.4, 0.5) is 0 Å². The molecule has 0 nitrogen and oxygen atoms in total. The third-order valence-electron chi connectivity index (χ3n) is 3.26. The van der Waals surface area contributed by atoms with Gasteiger partial charge in [-0.2, -0.15) is 0 Å². The molecular weight excluding hydrogens is 363 g/mol. The zero-order valence-corrected chi connectivity index (χ0v) is 15.9. The number of halogens is 1. The summed E-state index contributed by atoms with van der Waals surface area (Å²) < 4.78 is 1.13. The van der Waals surface area contributed by atoms with Gasteiger partial charge in [-0.1, -0.05) is 65.5 Å². The first kappa shape index (κ1) is 19.4. The molecule has 23 heavy (non-hydrogen) atoms. The SMILES string of the molecule is C=C.C=C/C=C(\C=C)[PH+](Cc1cccc(Br)c1)c1ccccc1. The number of benzene rings is 2. The van der Waals surface area contributed by atoms with E-state index in [0.29, 0.717) is 0 Å². The Hall–Kier alpha value is -1.69. The lowest BCUT2D eigenvalue weighted by molar-refractivity contribution is 1.38. The summed E-state index contributed by atoms with van der Waals surface area (Å²) in [5, 5.41) is 2.69. The summed E-state index contributed by atoms with van der Waals surface area (Å²) in [6.45, 7) is 13.8. The Labute approximate surface area is 149 Å². The minimum Gasteiger partial charge on any atom is -0.106 e. The van der Waals surface area contributed by atoms with Crippen LogP contribution in [0.25, 0.3) is 0 Å². The highest BCUT2D eigenvalue weighted by atomic mass is 79.9. The second kappa shape index (κ2) is 10.9. The molecule has 2 rings (SSSR count). The number of rotatable bonds is 6. The van der Waals surface area contributed by atoms with Crippen LogP contribution in [0.5, 0.6) is 0 Å². The Kier molecular flexibility index (Phi) is 9.21. The van der Waals surface area contributed by atoms with E-state index in [2.05, 4.69) is 103 Å². The summed E-state index contributed by atoms with van der Waals surface area (Å²) in [6.07, 6.45) is 6.96. The maximum atomic E-state index is 3.99. The lowest BCUT2D eigenvalue weighted by atomic mass is 10.2. The van der Waals surface area contributed by atoms with Crippen molar-refractivity contribution in [3.63, 3.8) is 0 Å². The van der Waals surface area contributed by atoms with Crippen LogP contribution in [0.1, 0.15) is 5.56 Å². The highest BCUT2D eigenvalue weighted by Gasteiger charge is 2.23. The maximum Gasteiger partial charge on any atom is 0.0970 e. The molecule has 0 aromatic heterocycles. The topological polar surface area (TPSA) is 0 Å². The molecular formula is C21H23BrP+. The lowest BCUT2D eigenvalue weighted by Crippen LogP contribution is -2.03. The van der Waals surface area contributed by atoms with Crippen LogP contribution in [0.2, 0.25) is 0 Å². The van der Waals surface area contributed by atoms with Crippen LogP contribution in [-0.2, 0) is 6.16 Å². The van der Waals surface area contributed by atoms with E-state index in [1.807, 2.05) is 12.2 Å². The second-order valence-corrected chi connectivity index (χ2v) is 8.09. The molecule has 1 unspecified atom stereocenters. The molecule has 118 valence electrons. The van der Waals surface area contributed by atoms with Crippen molar-refractivity contribution < 1.29 is 0 Å². The van der Waals surface area contributed by atoms with E-state index in [9.17, 15) is 0 Å². The van der Waals surface area contributed by atoms with Gasteiger partial charge in [-0.3, -0.25) is 0 Å². The molecule has 0 spiro atoms. The molecule has 1 atom stereocenters. The molecule has 2 aromatic carbocycles. The highest BCUT2D eigenvalue weighted by molar-refractivity contribution is 9.10. The predicted molar refractivity (Wildman–Crippen MR) is 112 cm³/mol. The zero-order chi connectivity index (χ0) is 17.1. The normalized spacial score (nSPS) is 11.8. The Morgan fingerprint density at radius 3 is 2.26 bits per heavy atom. The van der Waals surface area contributed by atoms with E-state index >= 15 is 0 Å². The molecule has 0 heterocycles. The summed E-state index contributed by atoms with van der Waals surface area (Å²) >= 11 is 3.55. The first-order valence-electron chi connectivity index (χ1n) is 7.36. The molecule has 0 amide bonds. The van der Waals surface area contributed by atoms with Gasteiger partial charge in [0.05, 0.1) is 24.7 Å². The van der Waals surface area contributed by atoms with E-state index in [1.165, 1.54) is 16.2 Å². The van der Waals surface area contributed by atoms with Crippen LogP contribution < -0.4 is 5.30 Å². The van der Waals surface area contributed by atoms with Crippen molar-refractivity contribution in [1.29, 1.82) is 0 Å². The molecule has 2 heteroatoms. The average Bonchev–Trinajstić information content (AvgIpc) is 2.60. The quantitative estimate of drug-likeness (QED) is 0.300. The van der Waals surface area contributed by atoms with Gasteiger partial charge in [-0.05, 0) is 42.0 Å². The predicted octanol–water partition coefficient (Wildman–Crippen LogP) is 6.55. The Morgan fingerprint density at radius 2 is 1.70 bits per heavy atom. The molecule has 0 saturated heterocycles. The average molecular weight is 386 g/mol. The van der Waals surface area contributed by atoms with Crippen LogP contribution >= 0.6 is 23.9 Å². The van der Waals surface area contributed by atoms with Gasteiger partial charge in [0.2, 0.25) is 0 Å². The van der Waals surface area contributed by atoms with Gasteiger partial charge in [0.15, 0.2) is 0 Å². The summed E-state index contributed by atoms with van der Waals surface area (Å²) in [4.78, 5) is 0. The van der Waals surface area contributed by atoms with E-state index in [1.54, 1.807) is 0 Å². The van der Waals surface area contributed by atoms with E-state index < -0.39 is 7.92 Å². The van der Waals surface area contributed by atoms with E-state index in [4.69, 9.17) is 0 Å². The molecule has 0 fully saturated rings. The van der Waals surface area contributed by atoms with Crippen molar-refractivity contribution in [1.82, 2.24) is 0 Å². The van der Waals surface area contributed by atoms with Gasteiger partial charge in [-0.15, -0.1) is 13.2 Å². The summed E-state index contributed by atoms with van der Waals surface area (Å²) in [7, 11) is -0.892. The fourth-order valence-corrected chi connectivity index (χ4v) is 5.26.